The number of rotatable bonds is 7. The molecule has 0 spiro atoms. The van der Waals surface area contributed by atoms with Crippen LogP contribution in [0.25, 0.3) is 0 Å². The second-order valence-electron chi connectivity index (χ2n) is 4.47. The van der Waals surface area contributed by atoms with Gasteiger partial charge in [0.15, 0.2) is 0 Å². The molecule has 0 amide bonds. The van der Waals surface area contributed by atoms with Crippen LogP contribution in [-0.4, -0.2) is 6.54 Å². The highest BCUT2D eigenvalue weighted by Gasteiger charge is 2.21. The quantitative estimate of drug-likeness (QED) is 0.757. The molecule has 2 heteroatoms. The molecule has 2 unspecified atom stereocenters. The van der Waals surface area contributed by atoms with Crippen LogP contribution in [0.1, 0.15) is 57.9 Å². The third kappa shape index (κ3) is 3.11. The summed E-state index contributed by atoms with van der Waals surface area (Å²) in [5.74, 6) is 1.78. The van der Waals surface area contributed by atoms with Crippen molar-refractivity contribution in [3.8, 4) is 0 Å². The molecule has 0 saturated heterocycles. The van der Waals surface area contributed by atoms with Gasteiger partial charge >= 0.3 is 0 Å². The van der Waals surface area contributed by atoms with Crippen molar-refractivity contribution in [1.82, 2.24) is 5.32 Å². The lowest BCUT2D eigenvalue weighted by Gasteiger charge is -2.24. The van der Waals surface area contributed by atoms with E-state index in [0.717, 1.165) is 18.7 Å². The zero-order chi connectivity index (χ0) is 12.0. The first-order valence-corrected chi connectivity index (χ1v) is 6.54. The molecular weight excluding hydrogens is 198 g/mol. The van der Waals surface area contributed by atoms with E-state index >= 15 is 0 Å². The van der Waals surface area contributed by atoms with Gasteiger partial charge in [0.2, 0.25) is 0 Å². The summed E-state index contributed by atoms with van der Waals surface area (Å²) in [5, 5.41) is 3.64. The van der Waals surface area contributed by atoms with Crippen molar-refractivity contribution in [2.24, 2.45) is 5.92 Å². The molecule has 1 aromatic rings. The minimum absolute atomic E-state index is 0.443. The van der Waals surface area contributed by atoms with E-state index in [1.807, 2.05) is 6.26 Å². The predicted octanol–water partition coefficient (Wildman–Crippen LogP) is 3.93. The normalized spacial score (nSPS) is 15.0. The van der Waals surface area contributed by atoms with Crippen molar-refractivity contribution >= 4 is 0 Å². The zero-order valence-corrected chi connectivity index (χ0v) is 11.0. The summed E-state index contributed by atoms with van der Waals surface area (Å²) < 4.78 is 5.53. The first-order chi connectivity index (χ1) is 7.74. The van der Waals surface area contributed by atoms with Crippen LogP contribution in [0.2, 0.25) is 0 Å². The van der Waals surface area contributed by atoms with Crippen molar-refractivity contribution in [3.63, 3.8) is 0 Å². The molecule has 0 bridgehead atoms. The van der Waals surface area contributed by atoms with Crippen molar-refractivity contribution < 1.29 is 4.42 Å². The third-order valence-corrected chi connectivity index (χ3v) is 3.26. The van der Waals surface area contributed by atoms with E-state index in [2.05, 4.69) is 39.1 Å². The van der Waals surface area contributed by atoms with Crippen LogP contribution in [0.5, 0.6) is 0 Å². The van der Waals surface area contributed by atoms with Crippen molar-refractivity contribution in [1.29, 1.82) is 0 Å². The summed E-state index contributed by atoms with van der Waals surface area (Å²) in [4.78, 5) is 0. The van der Waals surface area contributed by atoms with E-state index in [1.54, 1.807) is 0 Å². The molecule has 2 atom stereocenters. The summed E-state index contributed by atoms with van der Waals surface area (Å²) >= 11 is 0. The van der Waals surface area contributed by atoms with Crippen molar-refractivity contribution in [3.05, 3.63) is 23.7 Å². The maximum absolute atomic E-state index is 5.53. The molecule has 0 aliphatic rings. The van der Waals surface area contributed by atoms with Crippen LogP contribution in [0.15, 0.2) is 16.7 Å². The second-order valence-corrected chi connectivity index (χ2v) is 4.47. The minimum atomic E-state index is 0.443. The largest absolute Gasteiger partial charge is 0.469 e. The molecule has 1 heterocycles. The SMILES string of the molecule is CCCNC(c1ccoc1CC)C(C)CC. The Morgan fingerprint density at radius 1 is 1.31 bits per heavy atom. The van der Waals surface area contributed by atoms with Crippen LogP contribution in [0.4, 0.5) is 0 Å². The van der Waals surface area contributed by atoms with Gasteiger partial charge in [-0.25, -0.2) is 0 Å². The Bertz CT molecular complexity index is 293. The van der Waals surface area contributed by atoms with Gasteiger partial charge in [0.1, 0.15) is 5.76 Å². The first-order valence-electron chi connectivity index (χ1n) is 6.54. The van der Waals surface area contributed by atoms with Gasteiger partial charge in [-0.1, -0.05) is 34.1 Å². The lowest BCUT2D eigenvalue weighted by atomic mass is 9.92. The van der Waals surface area contributed by atoms with E-state index in [-0.39, 0.29) is 0 Å². The Balaban J connectivity index is 2.82. The molecule has 2 nitrogen and oxygen atoms in total. The standard InChI is InChI=1S/C14H25NO/c1-5-9-15-14(11(4)6-2)12-8-10-16-13(12)7-3/h8,10-11,14-15H,5-7,9H2,1-4H3. The number of hydrogen-bond donors (Lipinski definition) is 1. The third-order valence-electron chi connectivity index (χ3n) is 3.26. The molecule has 0 radical (unpaired) electrons. The molecule has 16 heavy (non-hydrogen) atoms. The average molecular weight is 223 g/mol. The molecule has 0 aliphatic carbocycles. The highest BCUT2D eigenvalue weighted by Crippen LogP contribution is 2.28. The maximum atomic E-state index is 5.53. The monoisotopic (exact) mass is 223 g/mol. The lowest BCUT2D eigenvalue weighted by Crippen LogP contribution is -2.27. The summed E-state index contributed by atoms with van der Waals surface area (Å²) in [5.41, 5.74) is 1.35. The van der Waals surface area contributed by atoms with Crippen LogP contribution < -0.4 is 5.32 Å². The highest BCUT2D eigenvalue weighted by atomic mass is 16.3. The molecule has 1 aromatic heterocycles. The Hall–Kier alpha value is -0.760. The van der Waals surface area contributed by atoms with Gasteiger partial charge < -0.3 is 9.73 Å². The number of furan rings is 1. The van der Waals surface area contributed by atoms with Crippen LogP contribution in [0.3, 0.4) is 0 Å². The topological polar surface area (TPSA) is 25.2 Å². The smallest absolute Gasteiger partial charge is 0.108 e. The average Bonchev–Trinajstić information content (AvgIpc) is 2.77. The van der Waals surface area contributed by atoms with E-state index in [4.69, 9.17) is 4.42 Å². The van der Waals surface area contributed by atoms with E-state index in [0.29, 0.717) is 12.0 Å². The Labute approximate surface area is 99.4 Å². The number of nitrogens with one attached hydrogen (secondary N) is 1. The molecule has 1 rings (SSSR count). The Morgan fingerprint density at radius 3 is 2.62 bits per heavy atom. The van der Waals surface area contributed by atoms with Gasteiger partial charge in [-0.15, -0.1) is 0 Å². The van der Waals surface area contributed by atoms with Crippen molar-refractivity contribution in [2.45, 2.75) is 53.0 Å². The fourth-order valence-corrected chi connectivity index (χ4v) is 2.07. The van der Waals surface area contributed by atoms with Gasteiger partial charge in [0.05, 0.1) is 6.26 Å². The summed E-state index contributed by atoms with van der Waals surface area (Å²) in [6, 6.07) is 2.57. The van der Waals surface area contributed by atoms with Gasteiger partial charge in [-0.3, -0.25) is 0 Å². The minimum Gasteiger partial charge on any atom is -0.469 e. The number of aryl methyl sites for hydroxylation is 1. The summed E-state index contributed by atoms with van der Waals surface area (Å²) in [6.45, 7) is 9.98. The molecule has 0 aliphatic heterocycles. The van der Waals surface area contributed by atoms with Gasteiger partial charge in [-0.2, -0.15) is 0 Å². The fraction of sp³-hybridized carbons (Fsp3) is 0.714. The van der Waals surface area contributed by atoms with E-state index < -0.39 is 0 Å². The molecule has 92 valence electrons. The Morgan fingerprint density at radius 2 is 2.06 bits per heavy atom. The fourth-order valence-electron chi connectivity index (χ4n) is 2.07. The summed E-state index contributed by atoms with van der Waals surface area (Å²) in [6.07, 6.45) is 5.15. The molecule has 0 aromatic carbocycles. The lowest BCUT2D eigenvalue weighted by molar-refractivity contribution is 0.369. The Kier molecular flexibility index (Phi) is 5.61. The molecular formula is C14H25NO. The zero-order valence-electron chi connectivity index (χ0n) is 11.0. The highest BCUT2D eigenvalue weighted by molar-refractivity contribution is 5.22. The maximum Gasteiger partial charge on any atom is 0.108 e. The van der Waals surface area contributed by atoms with Crippen LogP contribution in [-0.2, 0) is 6.42 Å². The van der Waals surface area contributed by atoms with Crippen LogP contribution >= 0.6 is 0 Å². The summed E-state index contributed by atoms with van der Waals surface area (Å²) in [7, 11) is 0. The van der Waals surface area contributed by atoms with Crippen LogP contribution in [0, 0.1) is 5.92 Å². The van der Waals surface area contributed by atoms with E-state index in [9.17, 15) is 0 Å². The number of hydrogen-bond acceptors (Lipinski definition) is 2. The van der Waals surface area contributed by atoms with Gasteiger partial charge in [0.25, 0.3) is 0 Å². The molecule has 0 fully saturated rings. The molecule has 0 saturated carbocycles. The van der Waals surface area contributed by atoms with Gasteiger partial charge in [0, 0.05) is 18.0 Å². The van der Waals surface area contributed by atoms with E-state index in [1.165, 1.54) is 18.4 Å². The van der Waals surface area contributed by atoms with Crippen molar-refractivity contribution in [2.75, 3.05) is 6.54 Å². The predicted molar refractivity (Wildman–Crippen MR) is 68.6 cm³/mol. The second kappa shape index (κ2) is 6.74. The van der Waals surface area contributed by atoms with Gasteiger partial charge in [-0.05, 0) is 24.9 Å². The first kappa shape index (κ1) is 13.3. The molecule has 1 N–H and O–H groups in total.